The lowest BCUT2D eigenvalue weighted by molar-refractivity contribution is -0.143. The van der Waals surface area contributed by atoms with Crippen molar-refractivity contribution in [1.82, 2.24) is 10.6 Å². The summed E-state index contributed by atoms with van der Waals surface area (Å²) >= 11 is 0. The van der Waals surface area contributed by atoms with Gasteiger partial charge in [-0.1, -0.05) is 54.6 Å². The standard InChI is InChI=1S/C24H24N2O5/c27-21(26-15-24(11-12-24)22(28)29)10-5-13-25-23(30)31-14-20-18-8-3-1-6-16(18)17-7-2-4-9-19(17)20/h1-10,20H,11-15H2,(H,25,30)(H,26,27)(H,28,29)/b10-5+. The number of aliphatic carboxylic acids is 1. The number of ether oxygens (including phenoxy) is 1. The van der Waals surface area contributed by atoms with E-state index >= 15 is 0 Å². The summed E-state index contributed by atoms with van der Waals surface area (Å²) in [6, 6.07) is 16.2. The van der Waals surface area contributed by atoms with Crippen LogP contribution in [0, 0.1) is 5.41 Å². The Bertz CT molecular complexity index is 996. The molecule has 0 aliphatic heterocycles. The number of carboxylic acids is 1. The normalized spacial score (nSPS) is 15.7. The molecule has 2 aliphatic rings. The van der Waals surface area contributed by atoms with E-state index in [2.05, 4.69) is 34.9 Å². The van der Waals surface area contributed by atoms with E-state index in [1.54, 1.807) is 0 Å². The molecule has 2 aromatic rings. The molecular weight excluding hydrogens is 396 g/mol. The van der Waals surface area contributed by atoms with Crippen LogP contribution in [0.1, 0.15) is 29.9 Å². The highest BCUT2D eigenvalue weighted by Gasteiger charge is 2.50. The summed E-state index contributed by atoms with van der Waals surface area (Å²) in [5.41, 5.74) is 3.81. The van der Waals surface area contributed by atoms with E-state index < -0.39 is 17.5 Å². The predicted molar refractivity (Wildman–Crippen MR) is 115 cm³/mol. The van der Waals surface area contributed by atoms with E-state index in [0.717, 1.165) is 22.3 Å². The maximum absolute atomic E-state index is 12.1. The molecule has 0 unspecified atom stereocenters. The Morgan fingerprint density at radius 1 is 1.00 bits per heavy atom. The zero-order chi connectivity index (χ0) is 21.8. The fourth-order valence-electron chi connectivity index (χ4n) is 3.89. The van der Waals surface area contributed by atoms with Gasteiger partial charge in [-0.05, 0) is 35.1 Å². The Balaban J connectivity index is 1.23. The van der Waals surface area contributed by atoms with Gasteiger partial charge in [-0.15, -0.1) is 0 Å². The zero-order valence-electron chi connectivity index (χ0n) is 17.0. The average Bonchev–Trinajstić information content (AvgIpc) is 3.51. The maximum atomic E-state index is 12.1. The molecule has 0 atom stereocenters. The molecule has 2 aromatic carbocycles. The highest BCUT2D eigenvalue weighted by molar-refractivity contribution is 5.88. The summed E-state index contributed by atoms with van der Waals surface area (Å²) in [5, 5.41) is 14.3. The van der Waals surface area contributed by atoms with Gasteiger partial charge in [0.2, 0.25) is 5.91 Å². The number of carbonyl (C=O) groups is 3. The van der Waals surface area contributed by atoms with Crippen LogP contribution in [0.4, 0.5) is 4.79 Å². The summed E-state index contributed by atoms with van der Waals surface area (Å²) in [4.78, 5) is 35.0. The van der Waals surface area contributed by atoms with Gasteiger partial charge in [-0.2, -0.15) is 0 Å². The van der Waals surface area contributed by atoms with E-state index in [-0.39, 0.29) is 31.5 Å². The van der Waals surface area contributed by atoms with Crippen molar-refractivity contribution in [2.45, 2.75) is 18.8 Å². The summed E-state index contributed by atoms with van der Waals surface area (Å²) in [6.45, 7) is 0.473. The summed E-state index contributed by atoms with van der Waals surface area (Å²) < 4.78 is 5.42. The number of nitrogens with one attached hydrogen (secondary N) is 2. The summed E-state index contributed by atoms with van der Waals surface area (Å²) in [6.07, 6.45) is 3.37. The number of rotatable bonds is 8. The molecule has 2 amide bonds. The molecule has 160 valence electrons. The SMILES string of the molecule is O=C(/C=C/CNC(=O)OCC1c2ccccc2-c2ccccc21)NCC1(C(=O)O)CC1. The fourth-order valence-corrected chi connectivity index (χ4v) is 3.89. The van der Waals surface area contributed by atoms with Crippen LogP contribution in [-0.4, -0.2) is 42.8 Å². The lowest BCUT2D eigenvalue weighted by atomic mass is 9.98. The van der Waals surface area contributed by atoms with Gasteiger partial charge in [0.05, 0.1) is 5.41 Å². The largest absolute Gasteiger partial charge is 0.481 e. The van der Waals surface area contributed by atoms with Crippen LogP contribution in [0.3, 0.4) is 0 Å². The second-order valence-corrected chi connectivity index (χ2v) is 7.91. The van der Waals surface area contributed by atoms with Crippen LogP contribution in [0.5, 0.6) is 0 Å². The Morgan fingerprint density at radius 2 is 1.61 bits per heavy atom. The second kappa shape index (κ2) is 8.63. The monoisotopic (exact) mass is 420 g/mol. The third-order valence-electron chi connectivity index (χ3n) is 5.89. The lowest BCUT2D eigenvalue weighted by Gasteiger charge is -2.14. The molecule has 0 radical (unpaired) electrons. The molecular formula is C24H24N2O5. The minimum atomic E-state index is -0.881. The Labute approximate surface area is 180 Å². The number of hydrogen-bond acceptors (Lipinski definition) is 4. The molecule has 0 bridgehead atoms. The third-order valence-corrected chi connectivity index (χ3v) is 5.89. The molecule has 1 saturated carbocycles. The molecule has 0 aromatic heterocycles. The average molecular weight is 420 g/mol. The van der Waals surface area contributed by atoms with Gasteiger partial charge in [0, 0.05) is 25.1 Å². The molecule has 3 N–H and O–H groups in total. The number of amides is 2. The van der Waals surface area contributed by atoms with E-state index in [0.29, 0.717) is 12.8 Å². The topological polar surface area (TPSA) is 105 Å². The lowest BCUT2D eigenvalue weighted by Crippen LogP contribution is -2.33. The van der Waals surface area contributed by atoms with Crippen molar-refractivity contribution >= 4 is 18.0 Å². The van der Waals surface area contributed by atoms with Crippen LogP contribution in [0.2, 0.25) is 0 Å². The Morgan fingerprint density at radius 3 is 2.19 bits per heavy atom. The molecule has 0 saturated heterocycles. The van der Waals surface area contributed by atoms with Crippen LogP contribution in [0.25, 0.3) is 11.1 Å². The molecule has 7 heteroatoms. The molecule has 0 spiro atoms. The van der Waals surface area contributed by atoms with Crippen molar-refractivity contribution in [2.24, 2.45) is 5.41 Å². The first-order valence-electron chi connectivity index (χ1n) is 10.3. The van der Waals surface area contributed by atoms with Gasteiger partial charge < -0.3 is 20.5 Å². The molecule has 7 nitrogen and oxygen atoms in total. The number of benzene rings is 2. The summed E-state index contributed by atoms with van der Waals surface area (Å²) in [5.74, 6) is -1.28. The van der Waals surface area contributed by atoms with Crippen LogP contribution in [-0.2, 0) is 14.3 Å². The minimum Gasteiger partial charge on any atom is -0.481 e. The highest BCUT2D eigenvalue weighted by Crippen LogP contribution is 2.45. The number of alkyl carbamates (subject to hydrolysis) is 1. The van der Waals surface area contributed by atoms with Crippen molar-refractivity contribution in [3.63, 3.8) is 0 Å². The molecule has 31 heavy (non-hydrogen) atoms. The van der Waals surface area contributed by atoms with Gasteiger partial charge in [-0.25, -0.2) is 4.79 Å². The van der Waals surface area contributed by atoms with E-state index in [1.165, 1.54) is 12.2 Å². The first-order chi connectivity index (χ1) is 15.0. The van der Waals surface area contributed by atoms with Gasteiger partial charge in [0.1, 0.15) is 6.61 Å². The van der Waals surface area contributed by atoms with E-state index in [1.807, 2.05) is 24.3 Å². The first-order valence-corrected chi connectivity index (χ1v) is 10.3. The van der Waals surface area contributed by atoms with E-state index in [9.17, 15) is 14.4 Å². The molecule has 2 aliphatic carbocycles. The second-order valence-electron chi connectivity index (χ2n) is 7.91. The quantitative estimate of drug-likeness (QED) is 0.570. The highest BCUT2D eigenvalue weighted by atomic mass is 16.5. The van der Waals surface area contributed by atoms with Crippen molar-refractivity contribution < 1.29 is 24.2 Å². The van der Waals surface area contributed by atoms with Crippen molar-refractivity contribution in [3.05, 3.63) is 71.8 Å². The fraction of sp³-hybridized carbons (Fsp3) is 0.292. The number of carboxylic acid groups (broad SMARTS) is 1. The first kappa shape index (κ1) is 20.7. The van der Waals surface area contributed by atoms with Crippen molar-refractivity contribution in [2.75, 3.05) is 19.7 Å². The van der Waals surface area contributed by atoms with E-state index in [4.69, 9.17) is 9.84 Å². The van der Waals surface area contributed by atoms with Gasteiger partial charge in [-0.3, -0.25) is 9.59 Å². The molecule has 1 fully saturated rings. The Kier molecular flexibility index (Phi) is 5.75. The number of fused-ring (bicyclic) bond motifs is 3. The smallest absolute Gasteiger partial charge is 0.407 e. The summed E-state index contributed by atoms with van der Waals surface area (Å²) in [7, 11) is 0. The zero-order valence-corrected chi connectivity index (χ0v) is 17.0. The van der Waals surface area contributed by atoms with Crippen molar-refractivity contribution in [1.29, 1.82) is 0 Å². The van der Waals surface area contributed by atoms with Gasteiger partial charge in [0.15, 0.2) is 0 Å². The van der Waals surface area contributed by atoms with Gasteiger partial charge >= 0.3 is 12.1 Å². The van der Waals surface area contributed by atoms with Crippen LogP contribution >= 0.6 is 0 Å². The minimum absolute atomic E-state index is 0.0107. The predicted octanol–water partition coefficient (Wildman–Crippen LogP) is 3.06. The number of hydrogen-bond donors (Lipinski definition) is 3. The third kappa shape index (κ3) is 4.45. The Hall–Kier alpha value is -3.61. The number of carbonyl (C=O) groups excluding carboxylic acids is 2. The van der Waals surface area contributed by atoms with Crippen molar-refractivity contribution in [3.8, 4) is 11.1 Å². The van der Waals surface area contributed by atoms with Gasteiger partial charge in [0.25, 0.3) is 0 Å². The van der Waals surface area contributed by atoms with Crippen LogP contribution < -0.4 is 10.6 Å². The molecule has 0 heterocycles. The van der Waals surface area contributed by atoms with Crippen LogP contribution in [0.15, 0.2) is 60.7 Å². The maximum Gasteiger partial charge on any atom is 0.407 e. The molecule has 4 rings (SSSR count).